The Bertz CT molecular complexity index is 936. The van der Waals surface area contributed by atoms with Crippen molar-refractivity contribution in [3.8, 4) is 11.4 Å². The molecule has 0 aliphatic heterocycles. The van der Waals surface area contributed by atoms with Crippen molar-refractivity contribution >= 4 is 35.0 Å². The summed E-state index contributed by atoms with van der Waals surface area (Å²) in [5, 5.41) is 12.1. The van der Waals surface area contributed by atoms with Crippen molar-refractivity contribution < 1.29 is 4.79 Å². The molecule has 8 heteroatoms. The molecule has 1 aromatic heterocycles. The van der Waals surface area contributed by atoms with Crippen LogP contribution in [0.15, 0.2) is 47.6 Å². The van der Waals surface area contributed by atoms with Crippen LogP contribution in [0.5, 0.6) is 0 Å². The van der Waals surface area contributed by atoms with Gasteiger partial charge in [-0.2, -0.15) is 0 Å². The summed E-state index contributed by atoms with van der Waals surface area (Å²) < 4.78 is 1.36. The molecular formula is C18H18ClN5OS. The highest BCUT2D eigenvalue weighted by molar-refractivity contribution is 7.99. The molecule has 0 atom stereocenters. The van der Waals surface area contributed by atoms with E-state index in [0.29, 0.717) is 16.0 Å². The third kappa shape index (κ3) is 4.00. The molecule has 1 amide bonds. The summed E-state index contributed by atoms with van der Waals surface area (Å²) in [7, 11) is 0. The van der Waals surface area contributed by atoms with Crippen LogP contribution in [0.3, 0.4) is 0 Å². The van der Waals surface area contributed by atoms with Gasteiger partial charge in [0.1, 0.15) is 0 Å². The number of para-hydroxylation sites is 1. The fraction of sp³-hybridized carbons (Fsp3) is 0.167. The predicted molar refractivity (Wildman–Crippen MR) is 106 cm³/mol. The Labute approximate surface area is 160 Å². The number of amides is 1. The van der Waals surface area contributed by atoms with Gasteiger partial charge in [-0.3, -0.25) is 4.79 Å². The smallest absolute Gasteiger partial charge is 0.234 e. The van der Waals surface area contributed by atoms with Crippen LogP contribution in [0, 0.1) is 13.8 Å². The molecule has 3 rings (SSSR count). The van der Waals surface area contributed by atoms with Gasteiger partial charge in [0.25, 0.3) is 0 Å². The highest BCUT2D eigenvalue weighted by Crippen LogP contribution is 2.24. The Balaban J connectivity index is 1.68. The number of anilines is 1. The van der Waals surface area contributed by atoms with E-state index in [0.717, 1.165) is 22.4 Å². The van der Waals surface area contributed by atoms with Crippen LogP contribution in [-0.2, 0) is 4.79 Å². The molecule has 3 aromatic rings. The zero-order chi connectivity index (χ0) is 18.7. The minimum absolute atomic E-state index is 0.125. The van der Waals surface area contributed by atoms with E-state index in [-0.39, 0.29) is 11.7 Å². The van der Waals surface area contributed by atoms with Crippen molar-refractivity contribution in [3.63, 3.8) is 0 Å². The monoisotopic (exact) mass is 387 g/mol. The number of hydrogen-bond acceptors (Lipinski definition) is 5. The minimum Gasteiger partial charge on any atom is -0.335 e. The molecule has 0 aliphatic rings. The Kier molecular flexibility index (Phi) is 5.49. The second-order valence-corrected chi connectivity index (χ2v) is 7.17. The van der Waals surface area contributed by atoms with Crippen LogP contribution in [0.25, 0.3) is 11.4 Å². The van der Waals surface area contributed by atoms with Crippen LogP contribution in [0.1, 0.15) is 11.1 Å². The van der Waals surface area contributed by atoms with E-state index >= 15 is 0 Å². The van der Waals surface area contributed by atoms with Crippen molar-refractivity contribution in [1.82, 2.24) is 14.9 Å². The van der Waals surface area contributed by atoms with Crippen molar-refractivity contribution in [2.24, 2.45) is 0 Å². The highest BCUT2D eigenvalue weighted by Gasteiger charge is 2.15. The zero-order valence-electron chi connectivity index (χ0n) is 14.4. The molecule has 1 heterocycles. The number of benzene rings is 2. The van der Waals surface area contributed by atoms with Gasteiger partial charge in [-0.1, -0.05) is 53.7 Å². The van der Waals surface area contributed by atoms with Crippen LogP contribution in [-0.4, -0.2) is 26.5 Å². The summed E-state index contributed by atoms with van der Waals surface area (Å²) in [6, 6.07) is 13.1. The molecule has 0 saturated carbocycles. The molecular weight excluding hydrogens is 370 g/mol. The first-order valence-electron chi connectivity index (χ1n) is 7.91. The van der Waals surface area contributed by atoms with E-state index in [1.807, 2.05) is 44.2 Å². The van der Waals surface area contributed by atoms with Gasteiger partial charge < -0.3 is 11.2 Å². The predicted octanol–water partition coefficient (Wildman–Crippen LogP) is 3.66. The van der Waals surface area contributed by atoms with Crippen molar-refractivity contribution in [2.75, 3.05) is 16.9 Å². The van der Waals surface area contributed by atoms with Gasteiger partial charge >= 0.3 is 0 Å². The molecule has 0 radical (unpaired) electrons. The lowest BCUT2D eigenvalue weighted by molar-refractivity contribution is -0.113. The molecule has 0 unspecified atom stereocenters. The number of nitrogen functional groups attached to an aromatic ring is 1. The van der Waals surface area contributed by atoms with Crippen LogP contribution < -0.4 is 11.2 Å². The van der Waals surface area contributed by atoms with E-state index in [9.17, 15) is 4.79 Å². The number of aryl methyl sites for hydroxylation is 2. The molecule has 0 bridgehead atoms. The summed E-state index contributed by atoms with van der Waals surface area (Å²) in [6.45, 7) is 3.92. The second kappa shape index (κ2) is 7.80. The summed E-state index contributed by atoms with van der Waals surface area (Å²) in [6.07, 6.45) is 0. The van der Waals surface area contributed by atoms with E-state index in [4.69, 9.17) is 17.4 Å². The summed E-state index contributed by atoms with van der Waals surface area (Å²) in [5.41, 5.74) is 3.65. The number of thioether (sulfide) groups is 1. The number of carbonyl (C=O) groups is 1. The first kappa shape index (κ1) is 18.3. The molecule has 3 N–H and O–H groups in total. The standard InChI is InChI=1S/C18H18ClN5OS/c1-11-5-3-6-12(2)16(11)21-15(25)10-26-18-23-22-17(24(18)20)13-7-4-8-14(19)9-13/h3-9H,10,20H2,1-2H3,(H,21,25). The normalized spacial score (nSPS) is 10.7. The summed E-state index contributed by atoms with van der Waals surface area (Å²) in [4.78, 5) is 12.3. The number of carbonyl (C=O) groups excluding carboxylic acids is 1. The maximum absolute atomic E-state index is 12.3. The van der Waals surface area contributed by atoms with Crippen molar-refractivity contribution in [1.29, 1.82) is 0 Å². The first-order chi connectivity index (χ1) is 12.5. The first-order valence-corrected chi connectivity index (χ1v) is 9.27. The molecule has 0 fully saturated rings. The number of rotatable bonds is 5. The molecule has 0 saturated heterocycles. The van der Waals surface area contributed by atoms with Crippen molar-refractivity contribution in [3.05, 3.63) is 58.6 Å². The van der Waals surface area contributed by atoms with E-state index in [1.54, 1.807) is 12.1 Å². The molecule has 26 heavy (non-hydrogen) atoms. The molecule has 2 aromatic carbocycles. The lowest BCUT2D eigenvalue weighted by atomic mass is 10.1. The number of nitrogens with two attached hydrogens (primary N) is 1. The average Bonchev–Trinajstić information content (AvgIpc) is 2.97. The lowest BCUT2D eigenvalue weighted by Crippen LogP contribution is -2.17. The Hall–Kier alpha value is -2.51. The third-order valence-electron chi connectivity index (χ3n) is 3.83. The second-order valence-electron chi connectivity index (χ2n) is 5.79. The van der Waals surface area contributed by atoms with Gasteiger partial charge in [0, 0.05) is 16.3 Å². The van der Waals surface area contributed by atoms with Gasteiger partial charge in [0.15, 0.2) is 5.82 Å². The Morgan fingerprint density at radius 3 is 2.58 bits per heavy atom. The number of nitrogens with one attached hydrogen (secondary N) is 1. The number of nitrogens with zero attached hydrogens (tertiary/aromatic N) is 3. The van der Waals surface area contributed by atoms with E-state index in [1.165, 1.54) is 16.4 Å². The van der Waals surface area contributed by atoms with Crippen LogP contribution in [0.4, 0.5) is 5.69 Å². The maximum Gasteiger partial charge on any atom is 0.234 e. The highest BCUT2D eigenvalue weighted by atomic mass is 35.5. The summed E-state index contributed by atoms with van der Waals surface area (Å²) >= 11 is 7.23. The molecule has 0 spiro atoms. The Morgan fingerprint density at radius 1 is 1.19 bits per heavy atom. The van der Waals surface area contributed by atoms with Crippen LogP contribution >= 0.6 is 23.4 Å². The van der Waals surface area contributed by atoms with Gasteiger partial charge in [-0.25, -0.2) is 4.68 Å². The van der Waals surface area contributed by atoms with Gasteiger partial charge in [0.05, 0.1) is 5.75 Å². The van der Waals surface area contributed by atoms with Crippen molar-refractivity contribution in [2.45, 2.75) is 19.0 Å². The molecule has 6 nitrogen and oxygen atoms in total. The largest absolute Gasteiger partial charge is 0.335 e. The van der Waals surface area contributed by atoms with Gasteiger partial charge in [0.2, 0.25) is 11.1 Å². The third-order valence-corrected chi connectivity index (χ3v) is 5.00. The fourth-order valence-electron chi connectivity index (χ4n) is 2.52. The Morgan fingerprint density at radius 2 is 1.88 bits per heavy atom. The van der Waals surface area contributed by atoms with Gasteiger partial charge in [-0.05, 0) is 37.1 Å². The summed E-state index contributed by atoms with van der Waals surface area (Å²) in [5.74, 6) is 6.61. The fourth-order valence-corrected chi connectivity index (χ4v) is 3.36. The van der Waals surface area contributed by atoms with Crippen LogP contribution in [0.2, 0.25) is 5.02 Å². The lowest BCUT2D eigenvalue weighted by Gasteiger charge is -2.11. The minimum atomic E-state index is -0.125. The zero-order valence-corrected chi connectivity index (χ0v) is 15.9. The van der Waals surface area contributed by atoms with E-state index in [2.05, 4.69) is 15.5 Å². The number of hydrogen-bond donors (Lipinski definition) is 2. The number of halogens is 1. The molecule has 0 aliphatic carbocycles. The molecule has 134 valence electrons. The van der Waals surface area contributed by atoms with Gasteiger partial charge in [-0.15, -0.1) is 10.2 Å². The average molecular weight is 388 g/mol. The topological polar surface area (TPSA) is 85.8 Å². The maximum atomic E-state index is 12.3. The SMILES string of the molecule is Cc1cccc(C)c1NC(=O)CSc1nnc(-c2cccc(Cl)c2)n1N. The quantitative estimate of drug-likeness (QED) is 0.515. The van der Waals surface area contributed by atoms with E-state index < -0.39 is 0 Å². The number of aromatic nitrogens is 3.